The zero-order valence-electron chi connectivity index (χ0n) is 18.6. The summed E-state index contributed by atoms with van der Waals surface area (Å²) in [6.45, 7) is 1.85. The maximum Gasteiger partial charge on any atom is 0.263 e. The Kier molecular flexibility index (Phi) is 5.23. The van der Waals surface area contributed by atoms with Crippen molar-refractivity contribution in [2.75, 3.05) is 19.1 Å². The molecule has 5 rings (SSSR count). The number of imide groups is 1. The Morgan fingerprint density at radius 1 is 1.06 bits per heavy atom. The fourth-order valence-electron chi connectivity index (χ4n) is 4.10. The number of aromatic nitrogens is 1. The molecule has 2 amide bonds. The topological polar surface area (TPSA) is 110 Å². The smallest absolute Gasteiger partial charge is 0.263 e. The third-order valence-corrected chi connectivity index (χ3v) is 5.78. The lowest BCUT2D eigenvalue weighted by molar-refractivity contribution is -0.123. The summed E-state index contributed by atoms with van der Waals surface area (Å²) in [5, 5.41) is 9.48. The highest BCUT2D eigenvalue weighted by atomic mass is 19.1. The van der Waals surface area contributed by atoms with Crippen LogP contribution in [-0.2, 0) is 16.1 Å². The number of aryl methyl sites for hydroxylation is 1. The van der Waals surface area contributed by atoms with Crippen LogP contribution >= 0.6 is 0 Å². The van der Waals surface area contributed by atoms with Crippen LogP contribution in [0.5, 0.6) is 11.5 Å². The van der Waals surface area contributed by atoms with Gasteiger partial charge in [-0.3, -0.25) is 14.6 Å². The number of halogens is 1. The number of methoxy groups -OCH3 is 2. The molecule has 174 valence electrons. The maximum atomic E-state index is 13.3. The van der Waals surface area contributed by atoms with E-state index in [-0.39, 0.29) is 12.2 Å². The fraction of sp³-hybridized carbons (Fsp3) is 0.261. The third kappa shape index (κ3) is 3.36. The largest absolute Gasteiger partial charge is 0.493 e. The molecule has 2 atom stereocenters. The molecule has 3 heterocycles. The van der Waals surface area contributed by atoms with Gasteiger partial charge in [0.15, 0.2) is 23.6 Å². The average molecular weight is 465 g/mol. The number of fused-ring (bicyclic) bond motifs is 1. The number of hydrogen-bond acceptors (Lipinski definition) is 9. The van der Waals surface area contributed by atoms with E-state index in [4.69, 9.17) is 13.9 Å². The van der Waals surface area contributed by atoms with Gasteiger partial charge in [0.25, 0.3) is 11.8 Å². The van der Waals surface area contributed by atoms with Crippen LogP contribution in [0.15, 0.2) is 57.2 Å². The second-order valence-electron chi connectivity index (χ2n) is 7.74. The van der Waals surface area contributed by atoms with E-state index >= 15 is 0 Å². The number of carbonyl (C=O) groups excluding carboxylic acids is 2. The molecule has 0 bridgehead atoms. The molecule has 0 spiro atoms. The Morgan fingerprint density at radius 3 is 2.53 bits per heavy atom. The molecule has 1 saturated heterocycles. The summed E-state index contributed by atoms with van der Waals surface area (Å²) in [7, 11) is 3.07. The lowest BCUT2D eigenvalue weighted by Crippen LogP contribution is -2.39. The molecule has 1 aromatic heterocycles. The van der Waals surface area contributed by atoms with Gasteiger partial charge in [0, 0.05) is 0 Å². The van der Waals surface area contributed by atoms with Crippen molar-refractivity contribution in [3.8, 4) is 23.0 Å². The summed E-state index contributed by atoms with van der Waals surface area (Å²) in [5.41, 5.74) is 1.41. The first-order chi connectivity index (χ1) is 16.4. The number of carbonyl (C=O) groups is 2. The summed E-state index contributed by atoms with van der Waals surface area (Å²) in [6, 6.07) is 8.61. The van der Waals surface area contributed by atoms with Gasteiger partial charge in [-0.05, 0) is 43.3 Å². The Bertz CT molecular complexity index is 1310. The van der Waals surface area contributed by atoms with Crippen LogP contribution in [0.25, 0.3) is 11.5 Å². The van der Waals surface area contributed by atoms with Gasteiger partial charge < -0.3 is 13.9 Å². The van der Waals surface area contributed by atoms with Crippen LogP contribution in [0.2, 0.25) is 0 Å². The Labute approximate surface area is 193 Å². The van der Waals surface area contributed by atoms with Gasteiger partial charge in [-0.15, -0.1) is 0 Å². The molecule has 2 unspecified atom stereocenters. The summed E-state index contributed by atoms with van der Waals surface area (Å²) >= 11 is 0. The van der Waals surface area contributed by atoms with Crippen LogP contribution in [-0.4, -0.2) is 48.1 Å². The second-order valence-corrected chi connectivity index (χ2v) is 7.74. The first-order valence-corrected chi connectivity index (χ1v) is 10.4. The number of hydrogen-bond donors (Lipinski definition) is 0. The van der Waals surface area contributed by atoms with Crippen LogP contribution in [0, 0.1) is 12.7 Å². The van der Waals surface area contributed by atoms with Crippen LogP contribution in [0.4, 0.5) is 10.1 Å². The van der Waals surface area contributed by atoms with Crippen molar-refractivity contribution < 1.29 is 27.9 Å². The number of anilines is 1. The number of nitrogens with zero attached hydrogens (tertiary/aromatic N) is 5. The van der Waals surface area contributed by atoms with Crippen LogP contribution < -0.4 is 14.4 Å². The number of rotatable bonds is 6. The van der Waals surface area contributed by atoms with Gasteiger partial charge >= 0.3 is 0 Å². The lowest BCUT2D eigenvalue weighted by Gasteiger charge is -2.19. The van der Waals surface area contributed by atoms with E-state index in [9.17, 15) is 14.0 Å². The number of amides is 2. The van der Waals surface area contributed by atoms with E-state index in [1.807, 2.05) is 0 Å². The van der Waals surface area contributed by atoms with Crippen molar-refractivity contribution in [3.63, 3.8) is 0 Å². The van der Waals surface area contributed by atoms with Gasteiger partial charge in [0.2, 0.25) is 5.89 Å². The van der Waals surface area contributed by atoms with E-state index in [0.29, 0.717) is 34.4 Å². The van der Waals surface area contributed by atoms with Gasteiger partial charge in [-0.2, -0.15) is 5.11 Å². The third-order valence-electron chi connectivity index (χ3n) is 5.78. The van der Waals surface area contributed by atoms with Gasteiger partial charge in [-0.1, -0.05) is 11.3 Å². The predicted molar refractivity (Wildman–Crippen MR) is 117 cm³/mol. The SMILES string of the molecule is COc1cccc(-c2nc(CN3N=NC4C(=O)N(c5ccc(F)cc5)C(=O)C43)c(C)o2)c1OC. The number of benzene rings is 2. The molecule has 2 aliphatic rings. The highest BCUT2D eigenvalue weighted by Crippen LogP contribution is 2.39. The summed E-state index contributed by atoms with van der Waals surface area (Å²) < 4.78 is 30.0. The van der Waals surface area contributed by atoms with Crippen molar-refractivity contribution in [1.82, 2.24) is 9.99 Å². The molecular formula is C23H20FN5O5. The molecule has 0 aliphatic carbocycles. The van der Waals surface area contributed by atoms with E-state index in [1.165, 1.54) is 43.5 Å². The normalized spacial score (nSPS) is 19.2. The first kappa shape index (κ1) is 21.6. The molecule has 34 heavy (non-hydrogen) atoms. The Morgan fingerprint density at radius 2 is 1.82 bits per heavy atom. The number of ether oxygens (including phenoxy) is 2. The summed E-state index contributed by atoms with van der Waals surface area (Å²) in [6.07, 6.45) is 0. The molecule has 3 aromatic rings. The van der Waals surface area contributed by atoms with Crippen molar-refractivity contribution in [2.24, 2.45) is 10.3 Å². The van der Waals surface area contributed by atoms with Gasteiger partial charge in [0.1, 0.15) is 17.3 Å². The fourth-order valence-corrected chi connectivity index (χ4v) is 4.10. The molecule has 2 aliphatic heterocycles. The van der Waals surface area contributed by atoms with Crippen molar-refractivity contribution in [2.45, 2.75) is 25.6 Å². The standard InChI is InChI=1S/C23H20FN5O5/c1-12-16(25-21(34-12)15-5-4-6-17(32-2)20(15)33-3)11-28-19-18(26-27-28)22(30)29(23(19)31)14-9-7-13(24)8-10-14/h4-10,18-19H,11H2,1-3H3. The average Bonchev–Trinajstić information content (AvgIpc) is 3.49. The minimum absolute atomic E-state index is 0.0998. The van der Waals surface area contributed by atoms with Gasteiger partial charge in [-0.25, -0.2) is 14.3 Å². The minimum atomic E-state index is -0.970. The first-order valence-electron chi connectivity index (χ1n) is 10.4. The monoisotopic (exact) mass is 465 g/mol. The van der Waals surface area contributed by atoms with E-state index in [2.05, 4.69) is 15.3 Å². The molecule has 0 N–H and O–H groups in total. The van der Waals surface area contributed by atoms with E-state index in [0.717, 1.165) is 4.90 Å². The zero-order valence-corrected chi connectivity index (χ0v) is 18.6. The van der Waals surface area contributed by atoms with Gasteiger partial charge in [0.05, 0.1) is 32.0 Å². The van der Waals surface area contributed by atoms with Crippen LogP contribution in [0.3, 0.4) is 0 Å². The highest BCUT2D eigenvalue weighted by molar-refractivity contribution is 6.25. The molecule has 0 radical (unpaired) electrons. The van der Waals surface area contributed by atoms with Crippen molar-refractivity contribution >= 4 is 17.5 Å². The molecule has 11 heteroatoms. The number of para-hydroxylation sites is 1. The predicted octanol–water partition coefficient (Wildman–Crippen LogP) is 3.30. The Balaban J connectivity index is 1.41. The quantitative estimate of drug-likeness (QED) is 0.514. The zero-order chi connectivity index (χ0) is 24.0. The lowest BCUT2D eigenvalue weighted by atomic mass is 10.1. The Hall–Kier alpha value is -4.28. The molecule has 10 nitrogen and oxygen atoms in total. The van der Waals surface area contributed by atoms with Crippen molar-refractivity contribution in [1.29, 1.82) is 0 Å². The molecular weight excluding hydrogens is 445 g/mol. The minimum Gasteiger partial charge on any atom is -0.493 e. The highest BCUT2D eigenvalue weighted by Gasteiger charge is 2.54. The number of oxazole rings is 1. The second kappa shape index (κ2) is 8.25. The molecule has 1 fully saturated rings. The van der Waals surface area contributed by atoms with E-state index in [1.54, 1.807) is 25.1 Å². The van der Waals surface area contributed by atoms with Crippen LogP contribution in [0.1, 0.15) is 11.5 Å². The molecule has 2 aromatic carbocycles. The summed E-state index contributed by atoms with van der Waals surface area (Å²) in [4.78, 5) is 31.6. The molecule has 0 saturated carbocycles. The summed E-state index contributed by atoms with van der Waals surface area (Å²) in [5.74, 6) is 0.390. The maximum absolute atomic E-state index is 13.3. The van der Waals surface area contributed by atoms with E-state index < -0.39 is 29.7 Å². The van der Waals surface area contributed by atoms with Crippen molar-refractivity contribution in [3.05, 3.63) is 59.7 Å².